The minimum absolute atomic E-state index is 0.0204. The molecular formula is C12H17ClO5S2. The van der Waals surface area contributed by atoms with Crippen LogP contribution < -0.4 is 0 Å². The lowest BCUT2D eigenvalue weighted by atomic mass is 10.2. The first-order valence-corrected chi connectivity index (χ1v) is 9.03. The Labute approximate surface area is 127 Å². The zero-order valence-corrected chi connectivity index (χ0v) is 13.9. The zero-order valence-electron chi connectivity index (χ0n) is 11.5. The van der Waals surface area contributed by atoms with E-state index >= 15 is 0 Å². The Morgan fingerprint density at radius 1 is 1.30 bits per heavy atom. The molecule has 0 unspecified atom stereocenters. The highest BCUT2D eigenvalue weighted by Crippen LogP contribution is 2.25. The van der Waals surface area contributed by atoms with Crippen LogP contribution in [0, 0.1) is 0 Å². The summed E-state index contributed by atoms with van der Waals surface area (Å²) in [7, 11) is 1.47. The molecule has 0 saturated carbocycles. The highest BCUT2D eigenvalue weighted by molar-refractivity contribution is 8.15. The molecule has 0 bridgehead atoms. The first kappa shape index (κ1) is 17.4. The third-order valence-electron chi connectivity index (χ3n) is 2.08. The third kappa shape index (κ3) is 6.69. The maximum Gasteiger partial charge on any atom is 0.311 e. The minimum Gasteiger partial charge on any atom is -0.463 e. The summed E-state index contributed by atoms with van der Waals surface area (Å²) in [6.45, 7) is 6.22. The molecule has 0 amide bonds. The lowest BCUT2D eigenvalue weighted by Crippen LogP contribution is -2.22. The first-order valence-electron chi connectivity index (χ1n) is 5.91. The van der Waals surface area contributed by atoms with Crippen molar-refractivity contribution >= 4 is 37.0 Å². The fraction of sp³-hybridized carbons (Fsp3) is 0.583. The van der Waals surface area contributed by atoms with Crippen molar-refractivity contribution < 1.29 is 22.7 Å². The van der Waals surface area contributed by atoms with Gasteiger partial charge in [0.25, 0.3) is 9.05 Å². The van der Waals surface area contributed by atoms with Gasteiger partial charge < -0.3 is 9.47 Å². The van der Waals surface area contributed by atoms with E-state index in [2.05, 4.69) is 0 Å². The number of hydrogen-bond acceptors (Lipinski definition) is 6. The van der Waals surface area contributed by atoms with E-state index < -0.39 is 15.0 Å². The molecule has 0 fully saturated rings. The van der Waals surface area contributed by atoms with Crippen LogP contribution in [-0.2, 0) is 29.7 Å². The van der Waals surface area contributed by atoms with E-state index in [4.69, 9.17) is 20.2 Å². The molecule has 20 heavy (non-hydrogen) atoms. The van der Waals surface area contributed by atoms with E-state index in [1.54, 1.807) is 6.07 Å². The number of halogens is 1. The number of thiophene rings is 1. The lowest BCUT2D eigenvalue weighted by molar-refractivity contribution is -0.146. The second kappa shape index (κ2) is 6.89. The van der Waals surface area contributed by atoms with Crippen LogP contribution in [0.2, 0.25) is 0 Å². The van der Waals surface area contributed by atoms with Crippen molar-refractivity contribution in [1.29, 1.82) is 0 Å². The van der Waals surface area contributed by atoms with Crippen LogP contribution in [0.15, 0.2) is 16.3 Å². The van der Waals surface area contributed by atoms with Crippen LogP contribution in [-0.4, -0.2) is 33.2 Å². The van der Waals surface area contributed by atoms with Crippen LogP contribution in [0.3, 0.4) is 0 Å². The highest BCUT2D eigenvalue weighted by atomic mass is 35.7. The molecule has 114 valence electrons. The molecule has 0 spiro atoms. The molecule has 1 aromatic rings. The summed E-state index contributed by atoms with van der Waals surface area (Å²) in [4.78, 5) is 12.1. The Hall–Kier alpha value is -0.630. The Balaban J connectivity index is 2.38. The van der Waals surface area contributed by atoms with Crippen molar-refractivity contribution in [3.05, 3.63) is 17.0 Å². The van der Waals surface area contributed by atoms with Crippen LogP contribution in [0.1, 0.15) is 25.6 Å². The van der Waals surface area contributed by atoms with Crippen LogP contribution in [0.5, 0.6) is 0 Å². The smallest absolute Gasteiger partial charge is 0.311 e. The van der Waals surface area contributed by atoms with E-state index in [0.29, 0.717) is 11.5 Å². The van der Waals surface area contributed by atoms with E-state index in [1.807, 2.05) is 20.8 Å². The van der Waals surface area contributed by atoms with Crippen molar-refractivity contribution in [3.63, 3.8) is 0 Å². The number of hydrogen-bond donors (Lipinski definition) is 0. The molecule has 0 radical (unpaired) electrons. The number of rotatable bonds is 6. The molecule has 0 atom stereocenters. The highest BCUT2D eigenvalue weighted by Gasteiger charge is 2.15. The lowest BCUT2D eigenvalue weighted by Gasteiger charge is -2.19. The van der Waals surface area contributed by atoms with Crippen LogP contribution >= 0.6 is 22.0 Å². The summed E-state index contributed by atoms with van der Waals surface area (Å²) < 4.78 is 32.6. The van der Waals surface area contributed by atoms with Gasteiger partial charge in [0.05, 0.1) is 18.6 Å². The summed E-state index contributed by atoms with van der Waals surface area (Å²) >= 11 is 0.960. The molecule has 0 N–H and O–H groups in total. The van der Waals surface area contributed by atoms with Crippen molar-refractivity contribution in [2.75, 3.05) is 13.2 Å². The standard InChI is InChI=1S/C12H17ClO5S2/c1-12(2,3)18-7-6-17-10(14)8-9-4-5-11(19-9)20(13,15)16/h4-5H,6-8H2,1-3H3. The largest absolute Gasteiger partial charge is 0.463 e. The zero-order chi connectivity index (χ0) is 15.4. The second-order valence-corrected chi connectivity index (χ2v) is 8.98. The average molecular weight is 341 g/mol. The summed E-state index contributed by atoms with van der Waals surface area (Å²) in [5, 5.41) is 0. The van der Waals surface area contributed by atoms with Gasteiger partial charge in [-0.2, -0.15) is 0 Å². The van der Waals surface area contributed by atoms with Gasteiger partial charge in [0.15, 0.2) is 0 Å². The van der Waals surface area contributed by atoms with Gasteiger partial charge in [-0.05, 0) is 32.9 Å². The molecule has 0 aliphatic carbocycles. The van der Waals surface area contributed by atoms with Gasteiger partial charge in [-0.25, -0.2) is 8.42 Å². The first-order chi connectivity index (χ1) is 9.08. The van der Waals surface area contributed by atoms with E-state index in [-0.39, 0.29) is 22.8 Å². The Morgan fingerprint density at radius 3 is 2.45 bits per heavy atom. The summed E-state index contributed by atoms with van der Waals surface area (Å²) in [5.41, 5.74) is -0.274. The fourth-order valence-electron chi connectivity index (χ4n) is 1.28. The molecule has 1 aromatic heterocycles. The normalized spacial score (nSPS) is 12.4. The Morgan fingerprint density at radius 2 is 1.95 bits per heavy atom. The molecule has 1 rings (SSSR count). The molecule has 0 saturated heterocycles. The van der Waals surface area contributed by atoms with Crippen molar-refractivity contribution in [1.82, 2.24) is 0 Å². The third-order valence-corrected chi connectivity index (χ3v) is 5.26. The summed E-state index contributed by atoms with van der Waals surface area (Å²) in [6, 6.07) is 2.92. The summed E-state index contributed by atoms with van der Waals surface area (Å²) in [5.74, 6) is -0.428. The van der Waals surface area contributed by atoms with Gasteiger partial charge in [-0.1, -0.05) is 0 Å². The minimum atomic E-state index is -3.74. The number of esters is 1. The molecule has 8 heteroatoms. The van der Waals surface area contributed by atoms with E-state index in [9.17, 15) is 13.2 Å². The number of carbonyl (C=O) groups excluding carboxylic acids is 1. The molecule has 0 aliphatic rings. The molecule has 1 heterocycles. The van der Waals surface area contributed by atoms with Gasteiger partial charge in [0, 0.05) is 15.6 Å². The second-order valence-electron chi connectivity index (χ2n) is 5.02. The molecular weight excluding hydrogens is 324 g/mol. The topological polar surface area (TPSA) is 69.7 Å². The van der Waals surface area contributed by atoms with Crippen molar-refractivity contribution in [3.8, 4) is 0 Å². The van der Waals surface area contributed by atoms with Crippen LogP contribution in [0.4, 0.5) is 0 Å². The molecule has 5 nitrogen and oxygen atoms in total. The van der Waals surface area contributed by atoms with Gasteiger partial charge in [-0.15, -0.1) is 11.3 Å². The summed E-state index contributed by atoms with van der Waals surface area (Å²) in [6.07, 6.45) is 0.0204. The predicted octanol–water partition coefficient (Wildman–Crippen LogP) is 2.58. The van der Waals surface area contributed by atoms with Crippen molar-refractivity contribution in [2.24, 2.45) is 0 Å². The molecule has 0 aromatic carbocycles. The quantitative estimate of drug-likeness (QED) is 0.452. The molecule has 0 aliphatic heterocycles. The van der Waals surface area contributed by atoms with E-state index in [1.165, 1.54) is 6.07 Å². The van der Waals surface area contributed by atoms with E-state index in [0.717, 1.165) is 11.3 Å². The van der Waals surface area contributed by atoms with Gasteiger partial charge in [0.1, 0.15) is 10.8 Å². The SMILES string of the molecule is CC(C)(C)OCCOC(=O)Cc1ccc(S(=O)(=O)Cl)s1. The predicted molar refractivity (Wildman–Crippen MR) is 77.7 cm³/mol. The maximum atomic E-state index is 11.5. The van der Waals surface area contributed by atoms with Crippen molar-refractivity contribution in [2.45, 2.75) is 37.0 Å². The number of ether oxygens (including phenoxy) is 2. The average Bonchev–Trinajstić information content (AvgIpc) is 2.71. The van der Waals surface area contributed by atoms with Crippen LogP contribution in [0.25, 0.3) is 0 Å². The Bertz CT molecular complexity index is 557. The van der Waals surface area contributed by atoms with Gasteiger partial charge >= 0.3 is 5.97 Å². The van der Waals surface area contributed by atoms with Gasteiger partial charge in [0.2, 0.25) is 0 Å². The monoisotopic (exact) mass is 340 g/mol. The van der Waals surface area contributed by atoms with Gasteiger partial charge in [-0.3, -0.25) is 4.79 Å². The fourth-order valence-corrected chi connectivity index (χ4v) is 3.39. The Kier molecular flexibility index (Phi) is 6.00. The number of carbonyl (C=O) groups is 1. The maximum absolute atomic E-state index is 11.5.